The number of likely N-dealkylation sites (tertiary alicyclic amines) is 1. The first-order valence-corrected chi connectivity index (χ1v) is 13.7. The van der Waals surface area contributed by atoms with Crippen molar-refractivity contribution >= 4 is 40.6 Å². The van der Waals surface area contributed by atoms with Gasteiger partial charge in [-0.15, -0.1) is 0 Å². The Morgan fingerprint density at radius 2 is 1.94 bits per heavy atom. The predicted molar refractivity (Wildman–Crippen MR) is 143 cm³/mol. The Morgan fingerprint density at radius 3 is 2.72 bits per heavy atom. The Hall–Kier alpha value is -2.13. The molecule has 2 unspecified atom stereocenters. The zero-order chi connectivity index (χ0) is 24.8. The molecule has 0 bridgehead atoms. The lowest BCUT2D eigenvalue weighted by molar-refractivity contribution is -0.0438. The number of aromatic nitrogens is 4. The van der Waals surface area contributed by atoms with Crippen molar-refractivity contribution in [1.29, 1.82) is 0 Å². The molecule has 3 aliphatic rings. The molecule has 2 atom stereocenters. The van der Waals surface area contributed by atoms with E-state index in [0.29, 0.717) is 27.8 Å². The van der Waals surface area contributed by atoms with Crippen molar-refractivity contribution in [3.63, 3.8) is 0 Å². The van der Waals surface area contributed by atoms with Crippen LogP contribution in [0.5, 0.6) is 0 Å². The van der Waals surface area contributed by atoms with Crippen LogP contribution < -0.4 is 10.2 Å². The molecule has 1 saturated carbocycles. The zero-order valence-electron chi connectivity index (χ0n) is 20.8. The molecule has 0 radical (unpaired) electrons. The van der Waals surface area contributed by atoms with Crippen molar-refractivity contribution in [3.8, 4) is 0 Å². The number of methoxy groups -OCH3 is 1. The number of nitrogens with zero attached hydrogens (tertiary/aromatic N) is 6. The van der Waals surface area contributed by atoms with Gasteiger partial charge in [0.1, 0.15) is 18.0 Å². The van der Waals surface area contributed by atoms with Gasteiger partial charge in [-0.05, 0) is 68.7 Å². The van der Waals surface area contributed by atoms with Gasteiger partial charge in [0.2, 0.25) is 0 Å². The lowest BCUT2D eigenvalue weighted by Gasteiger charge is -2.50. The fraction of sp³-hybridized carbons (Fsp3) is 0.577. The van der Waals surface area contributed by atoms with E-state index in [4.69, 9.17) is 32.9 Å². The summed E-state index contributed by atoms with van der Waals surface area (Å²) >= 11 is 12.5. The Morgan fingerprint density at radius 1 is 1.11 bits per heavy atom. The van der Waals surface area contributed by atoms with Crippen LogP contribution >= 0.6 is 23.2 Å². The number of halogens is 2. The summed E-state index contributed by atoms with van der Waals surface area (Å²) in [6.07, 6.45) is 7.03. The molecule has 8 nitrogen and oxygen atoms in total. The average Bonchev–Trinajstić information content (AvgIpc) is 3.27. The van der Waals surface area contributed by atoms with Crippen molar-refractivity contribution in [2.45, 2.75) is 50.8 Å². The molecule has 3 aromatic rings. The predicted octanol–water partition coefficient (Wildman–Crippen LogP) is 4.93. The molecule has 4 heterocycles. The van der Waals surface area contributed by atoms with E-state index >= 15 is 0 Å². The first kappa shape index (κ1) is 24.2. The van der Waals surface area contributed by atoms with E-state index in [-0.39, 0.29) is 6.04 Å². The topological polar surface area (TPSA) is 70.8 Å². The van der Waals surface area contributed by atoms with Crippen LogP contribution in [-0.2, 0) is 4.74 Å². The lowest BCUT2D eigenvalue weighted by atomic mass is 9.78. The smallest absolute Gasteiger partial charge is 0.256 e. The number of hydrogen-bond acceptors (Lipinski definition) is 7. The molecule has 1 N–H and O–H groups in total. The molecule has 2 aliphatic heterocycles. The maximum absolute atomic E-state index is 6.46. The maximum Gasteiger partial charge on any atom is 0.256 e. The molecule has 6 rings (SSSR count). The summed E-state index contributed by atoms with van der Waals surface area (Å²) in [6.45, 7) is 6.62. The summed E-state index contributed by atoms with van der Waals surface area (Å²) in [5, 5.41) is 9.20. The van der Waals surface area contributed by atoms with Crippen LogP contribution in [0.1, 0.15) is 44.2 Å². The SMILES string of the molecule is COC1CC(N2CCCC(C3CN(c4cc(NC(C)c5ccc(Cl)cc5Cl)n5ncnc5n4)C3)C2)C1. The van der Waals surface area contributed by atoms with Crippen molar-refractivity contribution in [1.82, 2.24) is 24.5 Å². The van der Waals surface area contributed by atoms with Crippen LogP contribution in [0.3, 0.4) is 0 Å². The number of anilines is 2. The largest absolute Gasteiger partial charge is 0.381 e. The molecule has 192 valence electrons. The van der Waals surface area contributed by atoms with E-state index in [1.807, 2.05) is 19.2 Å². The average molecular weight is 531 g/mol. The molecule has 0 amide bonds. The highest BCUT2D eigenvalue weighted by Gasteiger charge is 2.40. The van der Waals surface area contributed by atoms with E-state index in [2.05, 4.69) is 38.2 Å². The second-order valence-corrected chi connectivity index (χ2v) is 11.4. The van der Waals surface area contributed by atoms with E-state index in [0.717, 1.165) is 42.2 Å². The minimum absolute atomic E-state index is 0.0426. The molecular weight excluding hydrogens is 497 g/mol. The first-order chi connectivity index (χ1) is 17.5. The van der Waals surface area contributed by atoms with E-state index in [1.165, 1.54) is 38.8 Å². The van der Waals surface area contributed by atoms with Gasteiger partial charge in [-0.2, -0.15) is 19.6 Å². The second-order valence-electron chi connectivity index (χ2n) is 10.5. The Kier molecular flexibility index (Phi) is 6.71. The van der Waals surface area contributed by atoms with Gasteiger partial charge in [0.25, 0.3) is 5.78 Å². The third-order valence-corrected chi connectivity index (χ3v) is 8.90. The summed E-state index contributed by atoms with van der Waals surface area (Å²) in [5.41, 5.74) is 0.974. The molecule has 0 spiro atoms. The molecule has 3 fully saturated rings. The fourth-order valence-corrected chi connectivity index (χ4v) is 6.57. The molecule has 2 saturated heterocycles. The highest BCUT2D eigenvalue weighted by atomic mass is 35.5. The number of nitrogens with one attached hydrogen (secondary N) is 1. The summed E-state index contributed by atoms with van der Waals surface area (Å²) in [5.74, 6) is 3.85. The van der Waals surface area contributed by atoms with Gasteiger partial charge in [0, 0.05) is 48.9 Å². The third-order valence-electron chi connectivity index (χ3n) is 8.34. The molecule has 1 aromatic carbocycles. The lowest BCUT2D eigenvalue weighted by Crippen LogP contribution is -2.57. The van der Waals surface area contributed by atoms with Gasteiger partial charge in [-0.25, -0.2) is 0 Å². The number of hydrogen-bond donors (Lipinski definition) is 1. The second kappa shape index (κ2) is 9.97. The monoisotopic (exact) mass is 529 g/mol. The first-order valence-electron chi connectivity index (χ1n) is 12.9. The van der Waals surface area contributed by atoms with Crippen LogP contribution in [0.15, 0.2) is 30.6 Å². The van der Waals surface area contributed by atoms with Crippen LogP contribution in [0.4, 0.5) is 11.6 Å². The van der Waals surface area contributed by atoms with Crippen molar-refractivity contribution in [2.75, 3.05) is 43.5 Å². The minimum Gasteiger partial charge on any atom is -0.381 e. The van der Waals surface area contributed by atoms with Crippen LogP contribution in [0.25, 0.3) is 5.78 Å². The third kappa shape index (κ3) is 4.64. The van der Waals surface area contributed by atoms with E-state index in [1.54, 1.807) is 16.9 Å². The number of piperidine rings is 1. The van der Waals surface area contributed by atoms with Gasteiger partial charge in [-0.3, -0.25) is 4.90 Å². The quantitative estimate of drug-likeness (QED) is 0.465. The highest BCUT2D eigenvalue weighted by molar-refractivity contribution is 6.35. The number of ether oxygens (including phenoxy) is 1. The Labute approximate surface area is 221 Å². The molecular formula is C26H33Cl2N7O. The zero-order valence-corrected chi connectivity index (χ0v) is 22.3. The Balaban J connectivity index is 1.13. The van der Waals surface area contributed by atoms with E-state index in [9.17, 15) is 0 Å². The normalized spacial score (nSPS) is 26.0. The molecule has 10 heteroatoms. The standard InChI is InChI=1S/C26H33Cl2N7O/c1-16(22-6-5-19(27)8-23(22)28)31-25-11-24(32-26-29-15-30-35(25)26)34-13-18(14-34)17-4-3-7-33(12-17)20-9-21(10-20)36-2/h5-6,8,11,15-18,20-21,31H,3-4,7,9-10,12-14H2,1-2H3. The van der Waals surface area contributed by atoms with Gasteiger partial charge < -0.3 is 15.0 Å². The van der Waals surface area contributed by atoms with Gasteiger partial charge >= 0.3 is 0 Å². The van der Waals surface area contributed by atoms with Crippen LogP contribution in [0.2, 0.25) is 10.0 Å². The Bertz CT molecular complexity index is 1220. The molecule has 1 aliphatic carbocycles. The van der Waals surface area contributed by atoms with Crippen molar-refractivity contribution in [3.05, 3.63) is 46.2 Å². The minimum atomic E-state index is -0.0426. The van der Waals surface area contributed by atoms with Crippen molar-refractivity contribution < 1.29 is 4.74 Å². The maximum atomic E-state index is 6.46. The fourth-order valence-electron chi connectivity index (χ4n) is 6.00. The van der Waals surface area contributed by atoms with Gasteiger partial charge in [0.05, 0.1) is 12.1 Å². The van der Waals surface area contributed by atoms with Crippen molar-refractivity contribution in [2.24, 2.45) is 11.8 Å². The number of fused-ring (bicyclic) bond motifs is 1. The van der Waals surface area contributed by atoms with Gasteiger partial charge in [0.15, 0.2) is 0 Å². The summed E-state index contributed by atoms with van der Waals surface area (Å²) in [7, 11) is 1.84. The summed E-state index contributed by atoms with van der Waals surface area (Å²) in [6, 6.07) is 8.33. The number of rotatable bonds is 7. The molecule has 36 heavy (non-hydrogen) atoms. The van der Waals surface area contributed by atoms with Crippen LogP contribution in [-0.4, -0.2) is 69.9 Å². The summed E-state index contributed by atoms with van der Waals surface area (Å²) < 4.78 is 7.24. The van der Waals surface area contributed by atoms with Gasteiger partial charge in [-0.1, -0.05) is 29.3 Å². The molecule has 2 aromatic heterocycles. The summed E-state index contributed by atoms with van der Waals surface area (Å²) in [4.78, 5) is 14.3. The highest BCUT2D eigenvalue weighted by Crippen LogP contribution is 2.37. The van der Waals surface area contributed by atoms with E-state index < -0.39 is 0 Å². The van der Waals surface area contributed by atoms with Crippen LogP contribution in [0, 0.1) is 11.8 Å². The number of benzene rings is 1.